The van der Waals surface area contributed by atoms with Crippen LogP contribution in [-0.4, -0.2) is 49.1 Å². The van der Waals surface area contributed by atoms with Gasteiger partial charge in [0.15, 0.2) is 5.82 Å². The molecule has 2 fully saturated rings. The van der Waals surface area contributed by atoms with E-state index in [1.54, 1.807) is 0 Å². The number of halogens is 1. The summed E-state index contributed by atoms with van der Waals surface area (Å²) in [7, 11) is 0. The Morgan fingerprint density at radius 2 is 1.94 bits per heavy atom. The van der Waals surface area contributed by atoms with Gasteiger partial charge in [0.1, 0.15) is 23.2 Å². The second-order valence-electron chi connectivity index (χ2n) is 9.16. The Balaban J connectivity index is 1.36. The number of hydrogen-bond acceptors (Lipinski definition) is 5. The second-order valence-corrected chi connectivity index (χ2v) is 9.16. The lowest BCUT2D eigenvalue weighted by molar-refractivity contribution is -0.136. The number of anilines is 1. The number of aryl methyl sites for hydroxylation is 1. The van der Waals surface area contributed by atoms with Gasteiger partial charge in [-0.05, 0) is 50.8 Å². The summed E-state index contributed by atoms with van der Waals surface area (Å²) in [5.74, 6) is -0.0577. The minimum atomic E-state index is -1.00. The lowest BCUT2D eigenvalue weighted by Crippen LogP contribution is -2.48. The highest BCUT2D eigenvalue weighted by Crippen LogP contribution is 2.36. The number of hydrogen-bond donors (Lipinski definition) is 2. The maximum absolute atomic E-state index is 14.7. The van der Waals surface area contributed by atoms with Crippen LogP contribution in [0.3, 0.4) is 0 Å². The first kappa shape index (κ1) is 21.5. The van der Waals surface area contributed by atoms with Crippen molar-refractivity contribution < 1.29 is 18.8 Å². The zero-order valence-electron chi connectivity index (χ0n) is 18.6. The molecule has 9 nitrogen and oxygen atoms in total. The van der Waals surface area contributed by atoms with E-state index in [0.717, 1.165) is 55.8 Å². The van der Waals surface area contributed by atoms with Gasteiger partial charge in [-0.1, -0.05) is 19.3 Å². The molecule has 4 amide bonds. The van der Waals surface area contributed by atoms with E-state index >= 15 is 0 Å². The Labute approximate surface area is 190 Å². The van der Waals surface area contributed by atoms with Crippen LogP contribution in [0.2, 0.25) is 0 Å². The van der Waals surface area contributed by atoms with E-state index in [2.05, 4.69) is 20.8 Å². The predicted molar refractivity (Wildman–Crippen MR) is 118 cm³/mol. The van der Waals surface area contributed by atoms with Crippen molar-refractivity contribution in [2.45, 2.75) is 76.4 Å². The number of benzene rings is 1. The van der Waals surface area contributed by atoms with Gasteiger partial charge < -0.3 is 15.2 Å². The third kappa shape index (κ3) is 3.67. The third-order valence-corrected chi connectivity index (χ3v) is 7.00. The molecule has 1 aromatic carbocycles. The molecule has 3 heterocycles. The third-order valence-electron chi connectivity index (χ3n) is 7.00. The fourth-order valence-electron chi connectivity index (χ4n) is 5.13. The molecule has 10 heteroatoms. The second kappa shape index (κ2) is 8.24. The molecule has 1 atom stereocenters. The molecule has 33 heavy (non-hydrogen) atoms. The summed E-state index contributed by atoms with van der Waals surface area (Å²) in [6.07, 6.45) is 6.80. The molecule has 1 saturated heterocycles. The van der Waals surface area contributed by atoms with Crippen molar-refractivity contribution in [3.8, 4) is 11.4 Å². The number of amides is 4. The van der Waals surface area contributed by atoms with Crippen LogP contribution in [0.15, 0.2) is 18.2 Å². The van der Waals surface area contributed by atoms with Crippen molar-refractivity contribution in [2.75, 3.05) is 5.32 Å². The van der Waals surface area contributed by atoms with E-state index < -0.39 is 29.3 Å². The number of carbonyl (C=O) groups excluding carboxylic acids is 3. The summed E-state index contributed by atoms with van der Waals surface area (Å²) in [4.78, 5) is 39.4. The normalized spacial score (nSPS) is 20.5. The summed E-state index contributed by atoms with van der Waals surface area (Å²) < 4.78 is 16.7. The van der Waals surface area contributed by atoms with E-state index in [0.29, 0.717) is 24.4 Å². The maximum Gasteiger partial charge on any atom is 0.325 e. The highest BCUT2D eigenvalue weighted by atomic mass is 19.1. The lowest BCUT2D eigenvalue weighted by Gasteiger charge is -2.23. The minimum Gasteiger partial charge on any atom is -0.324 e. The van der Waals surface area contributed by atoms with Gasteiger partial charge in [0.2, 0.25) is 5.91 Å². The molecule has 5 rings (SSSR count). The smallest absolute Gasteiger partial charge is 0.324 e. The maximum atomic E-state index is 14.7. The highest BCUT2D eigenvalue weighted by molar-refractivity contribution is 6.11. The SMILES string of the molecule is CC(C(=O)Nc1ccc(F)c(-c2nnc3n2CCCCC3)c1)N1C(=O)NC2(CCCC2)C1=O. The van der Waals surface area contributed by atoms with E-state index in [9.17, 15) is 18.8 Å². The average Bonchev–Trinajstić information content (AvgIpc) is 3.43. The van der Waals surface area contributed by atoms with Crippen LogP contribution >= 0.6 is 0 Å². The first-order valence-corrected chi connectivity index (χ1v) is 11.6. The molecule has 1 aromatic heterocycles. The number of nitrogens with zero attached hydrogens (tertiary/aromatic N) is 4. The zero-order chi connectivity index (χ0) is 23.2. The van der Waals surface area contributed by atoms with Gasteiger partial charge in [0.25, 0.3) is 5.91 Å². The van der Waals surface area contributed by atoms with Crippen LogP contribution in [0.4, 0.5) is 14.9 Å². The first-order chi connectivity index (χ1) is 15.9. The molecular formula is C23H27FN6O3. The Kier molecular flexibility index (Phi) is 5.38. The monoisotopic (exact) mass is 454 g/mol. The van der Waals surface area contributed by atoms with E-state index in [-0.39, 0.29) is 11.5 Å². The zero-order valence-corrected chi connectivity index (χ0v) is 18.6. The number of urea groups is 1. The largest absolute Gasteiger partial charge is 0.325 e. The number of nitrogens with one attached hydrogen (secondary N) is 2. The molecule has 2 N–H and O–H groups in total. The van der Waals surface area contributed by atoms with Crippen molar-refractivity contribution in [1.29, 1.82) is 0 Å². The molecule has 1 saturated carbocycles. The quantitative estimate of drug-likeness (QED) is 0.691. The standard InChI is InChI=1S/C23H27FN6O3/c1-14(30-21(32)23(26-22(30)33)10-4-5-11-23)20(31)25-15-8-9-17(24)16(13-15)19-28-27-18-7-3-2-6-12-29(18)19/h8-9,13-14H,2-7,10-12H2,1H3,(H,25,31)(H,26,33). The van der Waals surface area contributed by atoms with Gasteiger partial charge in [-0.25, -0.2) is 14.1 Å². The fourth-order valence-corrected chi connectivity index (χ4v) is 5.13. The van der Waals surface area contributed by atoms with Crippen LogP contribution in [0.25, 0.3) is 11.4 Å². The molecule has 1 unspecified atom stereocenters. The van der Waals surface area contributed by atoms with Crippen molar-refractivity contribution in [2.24, 2.45) is 0 Å². The van der Waals surface area contributed by atoms with E-state index in [4.69, 9.17) is 0 Å². The summed E-state index contributed by atoms with van der Waals surface area (Å²) in [5.41, 5.74) is -0.266. The van der Waals surface area contributed by atoms with E-state index in [1.807, 2.05) is 4.57 Å². The minimum absolute atomic E-state index is 0.251. The van der Waals surface area contributed by atoms with Crippen molar-refractivity contribution in [3.63, 3.8) is 0 Å². The van der Waals surface area contributed by atoms with Crippen LogP contribution in [-0.2, 0) is 22.6 Å². The lowest BCUT2D eigenvalue weighted by atomic mass is 9.97. The summed E-state index contributed by atoms with van der Waals surface area (Å²) in [6.45, 7) is 2.24. The number of imide groups is 1. The first-order valence-electron chi connectivity index (χ1n) is 11.6. The number of rotatable bonds is 4. The van der Waals surface area contributed by atoms with Crippen molar-refractivity contribution >= 4 is 23.5 Å². The Hall–Kier alpha value is -3.30. The molecule has 0 bridgehead atoms. The van der Waals surface area contributed by atoms with Gasteiger partial charge >= 0.3 is 6.03 Å². The fraction of sp³-hybridized carbons (Fsp3) is 0.522. The molecule has 0 radical (unpaired) electrons. The van der Waals surface area contributed by atoms with Gasteiger partial charge in [-0.2, -0.15) is 0 Å². The van der Waals surface area contributed by atoms with Crippen LogP contribution in [0, 0.1) is 5.82 Å². The molecule has 1 spiro atoms. The van der Waals surface area contributed by atoms with Crippen LogP contribution in [0.1, 0.15) is 57.7 Å². The Morgan fingerprint density at radius 3 is 2.73 bits per heavy atom. The summed E-state index contributed by atoms with van der Waals surface area (Å²) >= 11 is 0. The Bertz CT molecular complexity index is 1120. The van der Waals surface area contributed by atoms with Crippen LogP contribution in [0.5, 0.6) is 0 Å². The topological polar surface area (TPSA) is 109 Å². The van der Waals surface area contributed by atoms with Gasteiger partial charge in [-0.15, -0.1) is 10.2 Å². The summed E-state index contributed by atoms with van der Waals surface area (Å²) in [5, 5.41) is 13.9. The predicted octanol–water partition coefficient (Wildman–Crippen LogP) is 3.00. The van der Waals surface area contributed by atoms with E-state index in [1.165, 1.54) is 25.1 Å². The molecule has 3 aliphatic rings. The highest BCUT2D eigenvalue weighted by Gasteiger charge is 2.54. The van der Waals surface area contributed by atoms with Crippen LogP contribution < -0.4 is 10.6 Å². The van der Waals surface area contributed by atoms with Crippen molar-refractivity contribution in [3.05, 3.63) is 29.8 Å². The molecule has 2 aliphatic heterocycles. The molecule has 2 aromatic rings. The number of aromatic nitrogens is 3. The van der Waals surface area contributed by atoms with Gasteiger partial charge in [0.05, 0.1) is 5.56 Å². The summed E-state index contributed by atoms with van der Waals surface area (Å²) in [6, 6.07) is 2.70. The molecular weight excluding hydrogens is 427 g/mol. The number of carbonyl (C=O) groups is 3. The molecule has 174 valence electrons. The molecule has 1 aliphatic carbocycles. The van der Waals surface area contributed by atoms with Crippen molar-refractivity contribution in [1.82, 2.24) is 25.0 Å². The Morgan fingerprint density at radius 1 is 1.15 bits per heavy atom. The van der Waals surface area contributed by atoms with Gasteiger partial charge in [-0.3, -0.25) is 9.59 Å². The number of fused-ring (bicyclic) bond motifs is 1. The average molecular weight is 455 g/mol. The van der Waals surface area contributed by atoms with Gasteiger partial charge in [0, 0.05) is 18.7 Å².